The van der Waals surface area contributed by atoms with Crippen LogP contribution in [-0.4, -0.2) is 12.8 Å². The maximum atomic E-state index is 13.2. The van der Waals surface area contributed by atoms with Crippen LogP contribution in [-0.2, 0) is 0 Å². The minimum absolute atomic E-state index is 0.184. The lowest BCUT2D eigenvalue weighted by Crippen LogP contribution is -2.07. The Balaban J connectivity index is 2.21. The van der Waals surface area contributed by atoms with E-state index in [0.717, 1.165) is 11.1 Å². The molecule has 0 bridgehead atoms. The van der Waals surface area contributed by atoms with E-state index in [1.807, 2.05) is 12.1 Å². The first-order valence-corrected chi connectivity index (χ1v) is 5.10. The molecule has 1 aliphatic rings. The molecule has 0 saturated heterocycles. The number of pyridine rings is 1. The summed E-state index contributed by atoms with van der Waals surface area (Å²) in [6, 6.07) is 7.02. The highest BCUT2D eigenvalue weighted by Crippen LogP contribution is 2.39. The number of hydrogen-bond donors (Lipinski definition) is 0. The smallest absolute Gasteiger partial charge is 0.118 e. The maximum Gasteiger partial charge on any atom is 0.118 e. The second-order valence-electron chi connectivity index (χ2n) is 4.08. The SMILES string of the molecule is [B]c1cc2ccc(C3CC3)nc2cc1F. The number of nitrogens with zero attached hydrogens (tertiary/aromatic N) is 1. The molecule has 1 aromatic heterocycles. The van der Waals surface area contributed by atoms with Gasteiger partial charge in [0.25, 0.3) is 0 Å². The molecule has 3 rings (SSSR count). The Morgan fingerprint density at radius 2 is 2.07 bits per heavy atom. The average molecular weight is 197 g/mol. The van der Waals surface area contributed by atoms with Crippen LogP contribution in [0.1, 0.15) is 24.5 Å². The van der Waals surface area contributed by atoms with Gasteiger partial charge in [0.15, 0.2) is 0 Å². The van der Waals surface area contributed by atoms with Gasteiger partial charge in [-0.3, -0.25) is 4.98 Å². The summed E-state index contributed by atoms with van der Waals surface area (Å²) in [7, 11) is 5.49. The topological polar surface area (TPSA) is 12.9 Å². The van der Waals surface area contributed by atoms with Crippen LogP contribution in [0.5, 0.6) is 0 Å². The standard InChI is InChI=1S/C12H9BFN/c13-9-5-8-3-4-11(7-1-2-7)15-12(8)6-10(9)14/h3-7H,1-2H2. The highest BCUT2D eigenvalue weighted by atomic mass is 19.1. The van der Waals surface area contributed by atoms with Crippen molar-refractivity contribution in [3.8, 4) is 0 Å². The van der Waals surface area contributed by atoms with Crippen molar-refractivity contribution in [1.29, 1.82) is 0 Å². The van der Waals surface area contributed by atoms with Crippen LogP contribution in [0.2, 0.25) is 0 Å². The molecule has 1 aromatic carbocycles. The van der Waals surface area contributed by atoms with E-state index in [1.165, 1.54) is 18.9 Å². The quantitative estimate of drug-likeness (QED) is 0.637. The van der Waals surface area contributed by atoms with Gasteiger partial charge in [0.1, 0.15) is 13.7 Å². The van der Waals surface area contributed by atoms with Gasteiger partial charge < -0.3 is 0 Å². The Bertz CT molecular complexity index is 534. The van der Waals surface area contributed by atoms with Crippen LogP contribution in [0, 0.1) is 5.82 Å². The van der Waals surface area contributed by atoms with Crippen LogP contribution in [0.4, 0.5) is 4.39 Å². The lowest BCUT2D eigenvalue weighted by Gasteiger charge is -2.03. The molecule has 0 amide bonds. The van der Waals surface area contributed by atoms with E-state index in [1.54, 1.807) is 6.07 Å². The molecule has 3 heteroatoms. The first-order valence-electron chi connectivity index (χ1n) is 5.10. The number of rotatable bonds is 1. The average Bonchev–Trinajstić information content (AvgIpc) is 3.02. The number of halogens is 1. The van der Waals surface area contributed by atoms with Gasteiger partial charge in [-0.15, -0.1) is 0 Å². The van der Waals surface area contributed by atoms with Crippen molar-refractivity contribution < 1.29 is 4.39 Å². The van der Waals surface area contributed by atoms with Crippen LogP contribution in [0.25, 0.3) is 10.9 Å². The highest BCUT2D eigenvalue weighted by molar-refractivity contribution is 6.33. The third-order valence-electron chi connectivity index (χ3n) is 2.82. The minimum atomic E-state index is -0.386. The fourth-order valence-electron chi connectivity index (χ4n) is 1.79. The van der Waals surface area contributed by atoms with Gasteiger partial charge in [0, 0.05) is 11.6 Å². The zero-order chi connectivity index (χ0) is 10.4. The summed E-state index contributed by atoms with van der Waals surface area (Å²) < 4.78 is 13.2. The predicted molar refractivity (Wildman–Crippen MR) is 59.1 cm³/mol. The molecule has 0 spiro atoms. The zero-order valence-corrected chi connectivity index (χ0v) is 8.20. The van der Waals surface area contributed by atoms with Crippen LogP contribution < -0.4 is 5.46 Å². The second-order valence-corrected chi connectivity index (χ2v) is 4.08. The van der Waals surface area contributed by atoms with Gasteiger partial charge in [-0.1, -0.05) is 17.6 Å². The van der Waals surface area contributed by atoms with E-state index in [4.69, 9.17) is 7.85 Å². The molecule has 1 saturated carbocycles. The van der Waals surface area contributed by atoms with E-state index in [2.05, 4.69) is 4.98 Å². The molecule has 1 nitrogen and oxygen atoms in total. The largest absolute Gasteiger partial charge is 0.252 e. The molecule has 15 heavy (non-hydrogen) atoms. The predicted octanol–water partition coefficient (Wildman–Crippen LogP) is 2.05. The van der Waals surface area contributed by atoms with Crippen molar-refractivity contribution >= 4 is 24.2 Å². The first kappa shape index (κ1) is 8.90. The normalized spacial score (nSPS) is 15.8. The minimum Gasteiger partial charge on any atom is -0.252 e. The lowest BCUT2D eigenvalue weighted by atomic mass is 9.94. The molecule has 2 aromatic rings. The van der Waals surface area contributed by atoms with Gasteiger partial charge in [-0.05, 0) is 30.4 Å². The second kappa shape index (κ2) is 3.06. The van der Waals surface area contributed by atoms with Gasteiger partial charge in [0.05, 0.1) is 5.52 Å². The highest BCUT2D eigenvalue weighted by Gasteiger charge is 2.24. The molecule has 72 valence electrons. The Labute approximate surface area is 88.7 Å². The Kier molecular flexibility index (Phi) is 1.81. The van der Waals surface area contributed by atoms with Gasteiger partial charge in [0.2, 0.25) is 0 Å². The Morgan fingerprint density at radius 1 is 1.27 bits per heavy atom. The zero-order valence-electron chi connectivity index (χ0n) is 8.20. The number of aromatic nitrogens is 1. The van der Waals surface area contributed by atoms with Crippen LogP contribution in [0.3, 0.4) is 0 Å². The molecule has 0 unspecified atom stereocenters. The molecule has 0 atom stereocenters. The number of benzene rings is 1. The van der Waals surface area contributed by atoms with Crippen molar-refractivity contribution in [2.75, 3.05) is 0 Å². The van der Waals surface area contributed by atoms with Crippen molar-refractivity contribution in [2.24, 2.45) is 0 Å². The summed E-state index contributed by atoms with van der Waals surface area (Å²) in [6.07, 6.45) is 2.41. The van der Waals surface area contributed by atoms with E-state index >= 15 is 0 Å². The summed E-state index contributed by atoms with van der Waals surface area (Å²) in [6.45, 7) is 0. The van der Waals surface area contributed by atoms with E-state index < -0.39 is 0 Å². The third kappa shape index (κ3) is 1.52. The summed E-state index contributed by atoms with van der Waals surface area (Å²) in [5.74, 6) is 0.206. The molecule has 0 aliphatic heterocycles. The fraction of sp³-hybridized carbons (Fsp3) is 0.250. The van der Waals surface area contributed by atoms with Crippen molar-refractivity contribution in [1.82, 2.24) is 4.98 Å². The third-order valence-corrected chi connectivity index (χ3v) is 2.82. The van der Waals surface area contributed by atoms with E-state index in [0.29, 0.717) is 11.4 Å². The number of fused-ring (bicyclic) bond motifs is 1. The molecule has 1 aliphatic carbocycles. The van der Waals surface area contributed by atoms with Crippen LogP contribution >= 0.6 is 0 Å². The Hall–Kier alpha value is -1.38. The molecule has 2 radical (unpaired) electrons. The van der Waals surface area contributed by atoms with Gasteiger partial charge in [-0.2, -0.15) is 0 Å². The van der Waals surface area contributed by atoms with Crippen molar-refractivity contribution in [2.45, 2.75) is 18.8 Å². The van der Waals surface area contributed by atoms with E-state index in [-0.39, 0.29) is 11.3 Å². The summed E-state index contributed by atoms with van der Waals surface area (Å²) in [4.78, 5) is 4.44. The first-order chi connectivity index (χ1) is 7.24. The number of hydrogen-bond acceptors (Lipinski definition) is 1. The summed E-state index contributed by atoms with van der Waals surface area (Å²) in [5.41, 5.74) is 1.96. The maximum absolute atomic E-state index is 13.2. The molecular formula is C12H9BFN. The summed E-state index contributed by atoms with van der Waals surface area (Å²) in [5, 5.41) is 0.901. The lowest BCUT2D eigenvalue weighted by molar-refractivity contribution is 0.637. The van der Waals surface area contributed by atoms with Crippen molar-refractivity contribution in [3.63, 3.8) is 0 Å². The Morgan fingerprint density at radius 3 is 2.80 bits per heavy atom. The molecule has 1 heterocycles. The molecule has 1 fully saturated rings. The van der Waals surface area contributed by atoms with Crippen molar-refractivity contribution in [3.05, 3.63) is 35.8 Å². The van der Waals surface area contributed by atoms with Gasteiger partial charge in [-0.25, -0.2) is 4.39 Å². The fourth-order valence-corrected chi connectivity index (χ4v) is 1.79. The summed E-state index contributed by atoms with van der Waals surface area (Å²) >= 11 is 0. The molecular weight excluding hydrogens is 188 g/mol. The van der Waals surface area contributed by atoms with Crippen LogP contribution in [0.15, 0.2) is 24.3 Å². The van der Waals surface area contributed by atoms with Gasteiger partial charge >= 0.3 is 0 Å². The molecule has 0 N–H and O–H groups in total. The van der Waals surface area contributed by atoms with E-state index in [9.17, 15) is 4.39 Å². The monoisotopic (exact) mass is 197 g/mol.